The number of carbonyl (C=O) groups excluding carboxylic acids is 1. The summed E-state index contributed by atoms with van der Waals surface area (Å²) < 4.78 is 6.86. The van der Waals surface area contributed by atoms with E-state index in [1.54, 1.807) is 6.21 Å². The van der Waals surface area contributed by atoms with Gasteiger partial charge in [-0.25, -0.2) is 5.43 Å². The Balaban J connectivity index is 1.51. The lowest BCUT2D eigenvalue weighted by Crippen LogP contribution is -2.25. The van der Waals surface area contributed by atoms with Crippen molar-refractivity contribution in [3.63, 3.8) is 0 Å². The quantitative estimate of drug-likeness (QED) is 0.186. The smallest absolute Gasteiger partial charge is 0.277 e. The molecule has 0 unspecified atom stereocenters. The fourth-order valence-corrected chi connectivity index (χ4v) is 4.14. The van der Waals surface area contributed by atoms with Gasteiger partial charge >= 0.3 is 0 Å². The second kappa shape index (κ2) is 9.53. The van der Waals surface area contributed by atoms with Gasteiger partial charge in [-0.05, 0) is 63.7 Å². The third-order valence-corrected chi connectivity index (χ3v) is 6.32. The first-order valence-electron chi connectivity index (χ1n) is 10.6. The zero-order valence-electron chi connectivity index (χ0n) is 18.4. The molecule has 0 aliphatic heterocycles. The number of nitrogens with one attached hydrogen (secondary N) is 1. The van der Waals surface area contributed by atoms with Crippen molar-refractivity contribution in [2.75, 3.05) is 6.61 Å². The monoisotopic (exact) mass is 488 g/mol. The van der Waals surface area contributed by atoms with Crippen LogP contribution >= 0.6 is 15.9 Å². The van der Waals surface area contributed by atoms with Crippen molar-refractivity contribution in [2.24, 2.45) is 5.10 Å². The number of fused-ring (bicyclic) bond motifs is 2. The standard InChI is InChI=1S/C27H25BrN2O2/c1-17(2)23-14-25(28)18(3)12-26(23)32-16-27(31)30-29-15-24-21-10-6-4-8-19(21)13-20-9-5-7-11-22(20)24/h4-15,17H,16H2,1-3H3,(H,30,31). The highest BCUT2D eigenvalue weighted by atomic mass is 79.9. The van der Waals surface area contributed by atoms with Gasteiger partial charge in [0.05, 0.1) is 6.21 Å². The number of amides is 1. The van der Waals surface area contributed by atoms with Crippen LogP contribution in [0.25, 0.3) is 21.5 Å². The van der Waals surface area contributed by atoms with Crippen LogP contribution in [0.3, 0.4) is 0 Å². The summed E-state index contributed by atoms with van der Waals surface area (Å²) in [6.07, 6.45) is 1.71. The van der Waals surface area contributed by atoms with Crippen LogP contribution in [0.4, 0.5) is 0 Å². The molecule has 4 aromatic carbocycles. The number of rotatable bonds is 6. The van der Waals surface area contributed by atoms with Crippen LogP contribution in [0, 0.1) is 6.92 Å². The van der Waals surface area contributed by atoms with E-state index in [1.165, 1.54) is 0 Å². The molecule has 0 aliphatic carbocycles. The van der Waals surface area contributed by atoms with Crippen molar-refractivity contribution in [3.8, 4) is 5.75 Å². The Morgan fingerprint density at radius 1 is 1.03 bits per heavy atom. The molecule has 0 heterocycles. The molecular weight excluding hydrogens is 464 g/mol. The molecule has 162 valence electrons. The number of ether oxygens (including phenoxy) is 1. The van der Waals surface area contributed by atoms with Crippen molar-refractivity contribution >= 4 is 49.6 Å². The zero-order valence-corrected chi connectivity index (χ0v) is 19.9. The first kappa shape index (κ1) is 22.0. The van der Waals surface area contributed by atoms with Gasteiger partial charge in [0.1, 0.15) is 5.75 Å². The summed E-state index contributed by atoms with van der Waals surface area (Å²) >= 11 is 3.57. The van der Waals surface area contributed by atoms with Crippen LogP contribution in [0.2, 0.25) is 0 Å². The van der Waals surface area contributed by atoms with Crippen molar-refractivity contribution in [1.29, 1.82) is 0 Å². The Bertz CT molecular complexity index is 1270. The number of hydrogen-bond donors (Lipinski definition) is 1. The maximum absolute atomic E-state index is 12.4. The largest absolute Gasteiger partial charge is 0.483 e. The molecule has 1 amide bonds. The Kier molecular flexibility index (Phi) is 6.56. The van der Waals surface area contributed by atoms with E-state index in [1.807, 2.05) is 37.3 Å². The van der Waals surface area contributed by atoms with Crippen LogP contribution in [0.15, 0.2) is 76.3 Å². The van der Waals surface area contributed by atoms with Crippen LogP contribution in [0.5, 0.6) is 5.75 Å². The van der Waals surface area contributed by atoms with E-state index < -0.39 is 0 Å². The van der Waals surface area contributed by atoms with Crippen molar-refractivity contribution in [1.82, 2.24) is 5.43 Å². The Hall–Kier alpha value is -3.18. The molecule has 1 N–H and O–H groups in total. The second-order valence-corrected chi connectivity index (χ2v) is 8.96. The van der Waals surface area contributed by atoms with Crippen LogP contribution in [0.1, 0.15) is 36.5 Å². The normalized spacial score (nSPS) is 11.5. The lowest BCUT2D eigenvalue weighted by Gasteiger charge is -2.15. The van der Waals surface area contributed by atoms with E-state index in [-0.39, 0.29) is 18.4 Å². The van der Waals surface area contributed by atoms with E-state index in [0.29, 0.717) is 0 Å². The summed E-state index contributed by atoms with van der Waals surface area (Å²) in [6, 6.07) is 22.5. The van der Waals surface area contributed by atoms with Gasteiger partial charge in [-0.3, -0.25) is 4.79 Å². The third-order valence-electron chi connectivity index (χ3n) is 5.47. The lowest BCUT2D eigenvalue weighted by molar-refractivity contribution is -0.123. The van der Waals surface area contributed by atoms with Crippen LogP contribution < -0.4 is 10.2 Å². The van der Waals surface area contributed by atoms with Gasteiger partial charge in [-0.15, -0.1) is 0 Å². The number of aryl methyl sites for hydroxylation is 1. The minimum atomic E-state index is -0.305. The van der Waals surface area contributed by atoms with Crippen molar-refractivity contribution in [3.05, 3.63) is 87.9 Å². The molecule has 0 bridgehead atoms. The number of hydrogen-bond acceptors (Lipinski definition) is 3. The van der Waals surface area contributed by atoms with E-state index >= 15 is 0 Å². The molecule has 0 saturated heterocycles. The van der Waals surface area contributed by atoms with Crippen molar-refractivity contribution < 1.29 is 9.53 Å². The minimum Gasteiger partial charge on any atom is -0.483 e. The van der Waals surface area contributed by atoms with Crippen LogP contribution in [-0.4, -0.2) is 18.7 Å². The molecule has 4 aromatic rings. The van der Waals surface area contributed by atoms with Gasteiger partial charge < -0.3 is 4.74 Å². The van der Waals surface area contributed by atoms with Gasteiger partial charge in [0.15, 0.2) is 6.61 Å². The number of nitrogens with zero attached hydrogens (tertiary/aromatic N) is 1. The molecule has 0 atom stereocenters. The maximum atomic E-state index is 12.4. The highest BCUT2D eigenvalue weighted by molar-refractivity contribution is 9.10. The zero-order chi connectivity index (χ0) is 22.7. The van der Waals surface area contributed by atoms with E-state index in [4.69, 9.17) is 4.74 Å². The molecule has 4 rings (SSSR count). The number of hydrazone groups is 1. The molecule has 0 fully saturated rings. The summed E-state index contributed by atoms with van der Waals surface area (Å²) in [7, 11) is 0. The summed E-state index contributed by atoms with van der Waals surface area (Å²) in [5, 5.41) is 8.68. The third kappa shape index (κ3) is 4.68. The van der Waals surface area contributed by atoms with E-state index in [2.05, 4.69) is 76.7 Å². The molecule has 4 nitrogen and oxygen atoms in total. The van der Waals surface area contributed by atoms with E-state index in [0.717, 1.165) is 48.5 Å². The molecule has 5 heteroatoms. The first-order chi connectivity index (χ1) is 15.4. The number of carbonyl (C=O) groups is 1. The number of halogens is 1. The van der Waals surface area contributed by atoms with Gasteiger partial charge in [0.2, 0.25) is 0 Å². The summed E-state index contributed by atoms with van der Waals surface area (Å²) in [6.45, 7) is 6.10. The Morgan fingerprint density at radius 2 is 1.66 bits per heavy atom. The molecule has 0 spiro atoms. The highest BCUT2D eigenvalue weighted by Gasteiger charge is 2.12. The first-order valence-corrected chi connectivity index (χ1v) is 11.4. The van der Waals surface area contributed by atoms with Gasteiger partial charge in [-0.1, -0.05) is 78.3 Å². The average Bonchev–Trinajstić information content (AvgIpc) is 2.79. The molecular formula is C27H25BrN2O2. The average molecular weight is 489 g/mol. The topological polar surface area (TPSA) is 50.7 Å². The van der Waals surface area contributed by atoms with Gasteiger partial charge in [0.25, 0.3) is 5.91 Å². The maximum Gasteiger partial charge on any atom is 0.277 e. The molecule has 0 saturated carbocycles. The summed E-state index contributed by atoms with van der Waals surface area (Å²) in [5.41, 5.74) is 5.70. The summed E-state index contributed by atoms with van der Waals surface area (Å²) in [4.78, 5) is 12.4. The fourth-order valence-electron chi connectivity index (χ4n) is 3.78. The minimum absolute atomic E-state index is 0.103. The predicted molar refractivity (Wildman–Crippen MR) is 136 cm³/mol. The Labute approximate surface area is 196 Å². The number of benzene rings is 4. The highest BCUT2D eigenvalue weighted by Crippen LogP contribution is 2.32. The molecule has 0 aliphatic rings. The van der Waals surface area contributed by atoms with Crippen molar-refractivity contribution in [2.45, 2.75) is 26.7 Å². The van der Waals surface area contributed by atoms with E-state index in [9.17, 15) is 4.79 Å². The second-order valence-electron chi connectivity index (χ2n) is 8.11. The molecule has 32 heavy (non-hydrogen) atoms. The molecule has 0 aromatic heterocycles. The summed E-state index contributed by atoms with van der Waals surface area (Å²) in [5.74, 6) is 0.698. The molecule has 0 radical (unpaired) electrons. The van der Waals surface area contributed by atoms with Gasteiger partial charge in [0, 0.05) is 10.0 Å². The fraction of sp³-hybridized carbons (Fsp3) is 0.185. The Morgan fingerprint density at radius 3 is 2.28 bits per heavy atom. The van der Waals surface area contributed by atoms with Crippen LogP contribution in [-0.2, 0) is 4.79 Å². The predicted octanol–water partition coefficient (Wildman–Crippen LogP) is 6.72. The SMILES string of the molecule is Cc1cc(OCC(=O)NN=Cc2c3ccccc3cc3ccccc23)c(C(C)C)cc1Br. The lowest BCUT2D eigenvalue weighted by atomic mass is 9.97. The van der Waals surface area contributed by atoms with Gasteiger partial charge in [-0.2, -0.15) is 5.10 Å².